The number of amides is 2. The minimum absolute atomic E-state index is 0.0107. The lowest BCUT2D eigenvalue weighted by atomic mass is 10.1. The molecule has 7 nitrogen and oxygen atoms in total. The molecule has 0 spiro atoms. The van der Waals surface area contributed by atoms with Gasteiger partial charge in [0.05, 0.1) is 20.8 Å². The molecule has 0 fully saturated rings. The number of aryl methyl sites for hydroxylation is 2. The Morgan fingerprint density at radius 3 is 2.20 bits per heavy atom. The van der Waals surface area contributed by atoms with E-state index in [4.69, 9.17) is 14.2 Å². The monoisotopic (exact) mass is 566 g/mol. The molecule has 0 saturated carbocycles. The number of carbonyl (C=O) groups is 2. The molecule has 0 saturated heterocycles. The van der Waals surface area contributed by atoms with Crippen LogP contribution in [0.5, 0.6) is 11.5 Å². The van der Waals surface area contributed by atoms with Gasteiger partial charge in [0.15, 0.2) is 11.5 Å². The predicted molar refractivity (Wildman–Crippen MR) is 161 cm³/mol. The van der Waals surface area contributed by atoms with Crippen LogP contribution in [0.2, 0.25) is 0 Å². The number of hydrogen-bond acceptors (Lipinski definition) is 6. The molecule has 8 heteroatoms. The number of benzene rings is 2. The van der Waals surface area contributed by atoms with Crippen LogP contribution in [0.25, 0.3) is 0 Å². The van der Waals surface area contributed by atoms with E-state index in [1.165, 1.54) is 10.4 Å². The largest absolute Gasteiger partial charge is 0.493 e. The predicted octanol–water partition coefficient (Wildman–Crippen LogP) is 5.78. The maximum Gasteiger partial charge on any atom is 0.254 e. The quantitative estimate of drug-likeness (QED) is 0.206. The molecule has 0 bridgehead atoms. The van der Waals surface area contributed by atoms with Crippen LogP contribution in [0.15, 0.2) is 54.6 Å². The third-order valence-corrected chi connectivity index (χ3v) is 7.74. The average Bonchev–Trinajstić information content (AvgIpc) is 3.40. The molecular formula is C32H42N2O5S. The Labute approximate surface area is 242 Å². The fourth-order valence-corrected chi connectivity index (χ4v) is 5.34. The molecule has 0 atom stereocenters. The van der Waals surface area contributed by atoms with Crippen molar-refractivity contribution in [3.05, 3.63) is 81.0 Å². The summed E-state index contributed by atoms with van der Waals surface area (Å²) in [6.07, 6.45) is 2.21. The summed E-state index contributed by atoms with van der Waals surface area (Å²) >= 11 is 1.68. The summed E-state index contributed by atoms with van der Waals surface area (Å²) in [4.78, 5) is 33.1. The second-order valence-electron chi connectivity index (χ2n) is 9.59. The van der Waals surface area contributed by atoms with Crippen molar-refractivity contribution in [1.82, 2.24) is 9.80 Å². The molecule has 216 valence electrons. The first-order chi connectivity index (χ1) is 19.4. The molecule has 0 radical (unpaired) electrons. The van der Waals surface area contributed by atoms with Gasteiger partial charge in [-0.25, -0.2) is 0 Å². The van der Waals surface area contributed by atoms with E-state index < -0.39 is 0 Å². The third kappa shape index (κ3) is 9.10. The van der Waals surface area contributed by atoms with Crippen molar-refractivity contribution in [3.8, 4) is 11.5 Å². The minimum Gasteiger partial charge on any atom is -0.493 e. The van der Waals surface area contributed by atoms with Crippen LogP contribution >= 0.6 is 11.3 Å². The average molecular weight is 567 g/mol. The van der Waals surface area contributed by atoms with E-state index in [-0.39, 0.29) is 18.4 Å². The van der Waals surface area contributed by atoms with E-state index >= 15 is 0 Å². The summed E-state index contributed by atoms with van der Waals surface area (Å²) < 4.78 is 16.3. The maximum absolute atomic E-state index is 13.8. The Morgan fingerprint density at radius 1 is 0.850 bits per heavy atom. The molecule has 0 aliphatic carbocycles. The highest BCUT2D eigenvalue weighted by Crippen LogP contribution is 2.28. The van der Waals surface area contributed by atoms with Crippen molar-refractivity contribution >= 4 is 23.2 Å². The number of thiophene rings is 1. The van der Waals surface area contributed by atoms with Crippen molar-refractivity contribution in [1.29, 1.82) is 0 Å². The Hall–Kier alpha value is -3.36. The number of methoxy groups -OCH3 is 2. The second-order valence-corrected chi connectivity index (χ2v) is 11.0. The van der Waals surface area contributed by atoms with E-state index in [0.29, 0.717) is 62.8 Å². The van der Waals surface area contributed by atoms with E-state index in [2.05, 4.69) is 26.0 Å². The molecule has 3 aromatic rings. The smallest absolute Gasteiger partial charge is 0.254 e. The van der Waals surface area contributed by atoms with Crippen molar-refractivity contribution < 1.29 is 23.8 Å². The fourth-order valence-electron chi connectivity index (χ4n) is 4.43. The Kier molecular flexibility index (Phi) is 12.5. The highest BCUT2D eigenvalue weighted by molar-refractivity contribution is 7.11. The zero-order valence-corrected chi connectivity index (χ0v) is 25.2. The summed E-state index contributed by atoms with van der Waals surface area (Å²) in [6, 6.07) is 17.6. The summed E-state index contributed by atoms with van der Waals surface area (Å²) in [5, 5.41) is 0. The molecule has 3 rings (SSSR count). The van der Waals surface area contributed by atoms with Gasteiger partial charge >= 0.3 is 0 Å². The van der Waals surface area contributed by atoms with Gasteiger partial charge in [0.25, 0.3) is 5.91 Å². The van der Waals surface area contributed by atoms with E-state index in [1.54, 1.807) is 30.5 Å². The van der Waals surface area contributed by atoms with Gasteiger partial charge in [-0.05, 0) is 80.6 Å². The number of nitrogens with zero attached hydrogens (tertiary/aromatic N) is 2. The molecule has 0 N–H and O–H groups in total. The molecule has 1 aromatic heterocycles. The van der Waals surface area contributed by atoms with Gasteiger partial charge in [0, 0.05) is 41.6 Å². The normalized spacial score (nSPS) is 10.8. The molecule has 0 aliphatic rings. The lowest BCUT2D eigenvalue weighted by Crippen LogP contribution is -2.44. The standard InChI is InChI=1S/C32H42N2O5S/c1-6-25-10-13-27(14-11-25)32(36)34(18-8-20-39-7-2)23-31(35)33(22-28-15-9-24(3)40-28)19-17-26-12-16-29(37-4)30(21-26)38-5/h9-16,21H,6-8,17-20,22-23H2,1-5H3. The van der Waals surface area contributed by atoms with Crippen LogP contribution in [-0.2, 0) is 28.9 Å². The Bertz CT molecular complexity index is 1220. The first-order valence-electron chi connectivity index (χ1n) is 13.9. The van der Waals surface area contributed by atoms with E-state index in [0.717, 1.165) is 16.9 Å². The van der Waals surface area contributed by atoms with Gasteiger partial charge in [0.1, 0.15) is 6.54 Å². The summed E-state index contributed by atoms with van der Waals surface area (Å²) in [6.45, 7) is 8.72. The zero-order chi connectivity index (χ0) is 28.9. The SMILES string of the molecule is CCOCCCN(CC(=O)N(CCc1ccc(OC)c(OC)c1)Cc1ccc(C)s1)C(=O)c1ccc(CC)cc1. The number of rotatable bonds is 16. The molecular weight excluding hydrogens is 524 g/mol. The summed E-state index contributed by atoms with van der Waals surface area (Å²) in [5.74, 6) is 1.11. The van der Waals surface area contributed by atoms with Crippen molar-refractivity contribution in [2.75, 3.05) is 47.1 Å². The first-order valence-corrected chi connectivity index (χ1v) is 14.7. The zero-order valence-electron chi connectivity index (χ0n) is 24.4. The van der Waals surface area contributed by atoms with Gasteiger partial charge in [-0.2, -0.15) is 0 Å². The van der Waals surface area contributed by atoms with Gasteiger partial charge in [-0.1, -0.05) is 25.1 Å². The summed E-state index contributed by atoms with van der Waals surface area (Å²) in [5.41, 5.74) is 2.80. The maximum atomic E-state index is 13.8. The van der Waals surface area contributed by atoms with Crippen molar-refractivity contribution in [2.24, 2.45) is 0 Å². The Morgan fingerprint density at radius 2 is 1.57 bits per heavy atom. The molecule has 1 heterocycles. The number of carbonyl (C=O) groups excluding carboxylic acids is 2. The lowest BCUT2D eigenvalue weighted by molar-refractivity contribution is -0.132. The number of hydrogen-bond donors (Lipinski definition) is 0. The summed E-state index contributed by atoms with van der Waals surface area (Å²) in [7, 11) is 3.23. The topological polar surface area (TPSA) is 68.3 Å². The highest BCUT2D eigenvalue weighted by atomic mass is 32.1. The fraction of sp³-hybridized carbons (Fsp3) is 0.438. The highest BCUT2D eigenvalue weighted by Gasteiger charge is 2.23. The van der Waals surface area contributed by atoms with Crippen molar-refractivity contribution in [2.45, 2.75) is 46.6 Å². The van der Waals surface area contributed by atoms with Crippen molar-refractivity contribution in [3.63, 3.8) is 0 Å². The van der Waals surface area contributed by atoms with Crippen LogP contribution in [0.1, 0.15) is 51.5 Å². The van der Waals surface area contributed by atoms with Crippen LogP contribution < -0.4 is 9.47 Å². The lowest BCUT2D eigenvalue weighted by Gasteiger charge is -2.28. The molecule has 0 aliphatic heterocycles. The van der Waals surface area contributed by atoms with Gasteiger partial charge in [-0.15, -0.1) is 11.3 Å². The second kappa shape index (κ2) is 16.0. The molecule has 2 amide bonds. The van der Waals surface area contributed by atoms with E-state index in [9.17, 15) is 9.59 Å². The Balaban J connectivity index is 1.79. The minimum atomic E-state index is -0.140. The third-order valence-electron chi connectivity index (χ3n) is 6.76. The first kappa shape index (κ1) is 31.2. The van der Waals surface area contributed by atoms with Gasteiger partial charge in [0.2, 0.25) is 5.91 Å². The molecule has 2 aromatic carbocycles. The van der Waals surface area contributed by atoms with Crippen LogP contribution in [-0.4, -0.2) is 68.7 Å². The van der Waals surface area contributed by atoms with Gasteiger partial charge < -0.3 is 24.0 Å². The number of ether oxygens (including phenoxy) is 3. The van der Waals surface area contributed by atoms with Crippen LogP contribution in [0.3, 0.4) is 0 Å². The van der Waals surface area contributed by atoms with Gasteiger partial charge in [-0.3, -0.25) is 9.59 Å². The molecule has 40 heavy (non-hydrogen) atoms. The van der Waals surface area contributed by atoms with E-state index in [1.807, 2.05) is 54.3 Å². The molecule has 0 unspecified atom stereocenters. The van der Waals surface area contributed by atoms with Crippen LogP contribution in [0, 0.1) is 6.92 Å². The van der Waals surface area contributed by atoms with Crippen LogP contribution in [0.4, 0.5) is 0 Å².